The number of nitrogens with zero attached hydrogens (tertiary/aromatic N) is 1. The number of amides is 1. The highest BCUT2D eigenvalue weighted by molar-refractivity contribution is 5.75. The monoisotopic (exact) mass is 186 g/mol. The minimum atomic E-state index is -0.284. The Morgan fingerprint density at radius 3 is 2.46 bits per heavy atom. The molecule has 1 saturated carbocycles. The number of primary amides is 1. The van der Waals surface area contributed by atoms with Gasteiger partial charge in [0.25, 0.3) is 0 Å². The van der Waals surface area contributed by atoms with Gasteiger partial charge in [-0.1, -0.05) is 0 Å². The van der Waals surface area contributed by atoms with Crippen LogP contribution in [0.4, 0.5) is 0 Å². The normalized spacial score (nSPS) is 29.2. The Kier molecular flexibility index (Phi) is 3.69. The van der Waals surface area contributed by atoms with Crippen molar-refractivity contribution in [3.05, 3.63) is 0 Å². The summed E-state index contributed by atoms with van der Waals surface area (Å²) in [6.07, 6.45) is 3.47. The van der Waals surface area contributed by atoms with Gasteiger partial charge in [0.15, 0.2) is 0 Å². The van der Waals surface area contributed by atoms with E-state index in [4.69, 9.17) is 5.73 Å². The molecule has 1 amide bonds. The summed E-state index contributed by atoms with van der Waals surface area (Å²) in [4.78, 5) is 12.6. The number of nitrogens with two attached hydrogens (primary N) is 1. The van der Waals surface area contributed by atoms with Crippen LogP contribution >= 0.6 is 0 Å². The number of aliphatic hydroxyl groups is 1. The fourth-order valence-electron chi connectivity index (χ4n) is 1.87. The van der Waals surface area contributed by atoms with Crippen molar-refractivity contribution in [1.82, 2.24) is 4.90 Å². The topological polar surface area (TPSA) is 66.6 Å². The molecule has 1 aliphatic rings. The van der Waals surface area contributed by atoms with E-state index in [2.05, 4.69) is 0 Å². The first-order chi connectivity index (χ1) is 6.09. The second kappa shape index (κ2) is 4.58. The largest absolute Gasteiger partial charge is 0.393 e. The molecule has 0 unspecified atom stereocenters. The zero-order chi connectivity index (χ0) is 9.84. The number of carbonyl (C=O) groups excluding carboxylic acids is 1. The molecule has 1 rings (SSSR count). The number of hydrogen-bond acceptors (Lipinski definition) is 3. The quantitative estimate of drug-likeness (QED) is 0.636. The fourth-order valence-corrected chi connectivity index (χ4v) is 1.87. The third-order valence-corrected chi connectivity index (χ3v) is 2.69. The van der Waals surface area contributed by atoms with Crippen LogP contribution in [0.2, 0.25) is 0 Å². The molecule has 3 N–H and O–H groups in total. The summed E-state index contributed by atoms with van der Waals surface area (Å²) >= 11 is 0. The van der Waals surface area contributed by atoms with Crippen LogP contribution in [0, 0.1) is 0 Å². The lowest BCUT2D eigenvalue weighted by atomic mass is 9.92. The van der Waals surface area contributed by atoms with Crippen molar-refractivity contribution in [2.45, 2.75) is 37.8 Å². The van der Waals surface area contributed by atoms with Crippen LogP contribution in [0.15, 0.2) is 0 Å². The summed E-state index contributed by atoms with van der Waals surface area (Å²) in [6.45, 7) is 0.320. The fraction of sp³-hybridized carbons (Fsp3) is 0.889. The lowest BCUT2D eigenvalue weighted by Gasteiger charge is -2.32. The highest BCUT2D eigenvalue weighted by Crippen LogP contribution is 2.21. The molecule has 4 heteroatoms. The van der Waals surface area contributed by atoms with E-state index >= 15 is 0 Å². The molecule has 0 spiro atoms. The summed E-state index contributed by atoms with van der Waals surface area (Å²) in [6, 6.07) is 0.413. The van der Waals surface area contributed by atoms with Crippen molar-refractivity contribution in [2.75, 3.05) is 13.6 Å². The number of rotatable bonds is 3. The first-order valence-electron chi connectivity index (χ1n) is 4.76. The summed E-state index contributed by atoms with van der Waals surface area (Å²) < 4.78 is 0. The molecular formula is C9H18N2O2. The summed E-state index contributed by atoms with van der Waals surface area (Å²) in [5.41, 5.74) is 5.10. The Balaban J connectivity index is 2.31. The van der Waals surface area contributed by atoms with Crippen LogP contribution in [0.3, 0.4) is 0 Å². The van der Waals surface area contributed by atoms with E-state index in [9.17, 15) is 9.90 Å². The molecule has 4 nitrogen and oxygen atoms in total. The van der Waals surface area contributed by atoms with E-state index in [1.165, 1.54) is 0 Å². The molecule has 0 aromatic heterocycles. The lowest BCUT2D eigenvalue weighted by molar-refractivity contribution is -0.119. The molecule has 1 aliphatic carbocycles. The maximum absolute atomic E-state index is 10.6. The third-order valence-electron chi connectivity index (χ3n) is 2.69. The van der Waals surface area contributed by atoms with E-state index in [0.29, 0.717) is 12.6 Å². The van der Waals surface area contributed by atoms with Crippen LogP contribution in [0.5, 0.6) is 0 Å². The van der Waals surface area contributed by atoms with Crippen molar-refractivity contribution in [1.29, 1.82) is 0 Å². The molecule has 0 heterocycles. The average molecular weight is 186 g/mol. The predicted molar refractivity (Wildman–Crippen MR) is 50.1 cm³/mol. The van der Waals surface area contributed by atoms with Crippen molar-refractivity contribution in [3.8, 4) is 0 Å². The Morgan fingerprint density at radius 2 is 2.00 bits per heavy atom. The van der Waals surface area contributed by atoms with Crippen LogP contribution < -0.4 is 5.73 Å². The lowest BCUT2D eigenvalue weighted by Crippen LogP contribution is -2.41. The Morgan fingerprint density at radius 1 is 1.46 bits per heavy atom. The second-order valence-corrected chi connectivity index (χ2v) is 3.84. The van der Waals surface area contributed by atoms with E-state index in [-0.39, 0.29) is 12.0 Å². The van der Waals surface area contributed by atoms with Crippen molar-refractivity contribution < 1.29 is 9.90 Å². The van der Waals surface area contributed by atoms with Crippen LogP contribution in [-0.4, -0.2) is 41.7 Å². The first kappa shape index (κ1) is 10.5. The van der Waals surface area contributed by atoms with Gasteiger partial charge in [0.05, 0.1) is 12.6 Å². The highest BCUT2D eigenvalue weighted by Gasteiger charge is 2.22. The minimum absolute atomic E-state index is 0.141. The maximum Gasteiger partial charge on any atom is 0.231 e. The SMILES string of the molecule is CN(CC(N)=O)C1CCC(O)CC1. The molecule has 13 heavy (non-hydrogen) atoms. The van der Waals surface area contributed by atoms with Crippen LogP contribution in [0.1, 0.15) is 25.7 Å². The Labute approximate surface area is 78.7 Å². The van der Waals surface area contributed by atoms with Crippen LogP contribution in [0.25, 0.3) is 0 Å². The molecule has 0 atom stereocenters. The summed E-state index contributed by atoms with van der Waals surface area (Å²) in [5.74, 6) is -0.284. The third kappa shape index (κ3) is 3.32. The minimum Gasteiger partial charge on any atom is -0.393 e. The van der Waals surface area contributed by atoms with Gasteiger partial charge in [0, 0.05) is 6.04 Å². The van der Waals surface area contributed by atoms with E-state index in [1.807, 2.05) is 11.9 Å². The molecule has 0 bridgehead atoms. The Bertz CT molecular complexity index is 176. The van der Waals surface area contributed by atoms with Crippen molar-refractivity contribution >= 4 is 5.91 Å². The molecular weight excluding hydrogens is 168 g/mol. The zero-order valence-corrected chi connectivity index (χ0v) is 8.07. The highest BCUT2D eigenvalue weighted by atomic mass is 16.3. The molecule has 0 saturated heterocycles. The predicted octanol–water partition coefficient (Wildman–Crippen LogP) is -0.293. The van der Waals surface area contributed by atoms with Crippen LogP contribution in [-0.2, 0) is 4.79 Å². The number of likely N-dealkylation sites (N-methyl/N-ethyl adjacent to an activating group) is 1. The summed E-state index contributed by atoms with van der Waals surface area (Å²) in [7, 11) is 1.91. The molecule has 0 aromatic rings. The molecule has 0 radical (unpaired) electrons. The van der Waals surface area contributed by atoms with Gasteiger partial charge < -0.3 is 10.8 Å². The molecule has 1 fully saturated rings. The van der Waals surface area contributed by atoms with Gasteiger partial charge in [-0.2, -0.15) is 0 Å². The van der Waals surface area contributed by atoms with Gasteiger partial charge in [0.2, 0.25) is 5.91 Å². The zero-order valence-electron chi connectivity index (χ0n) is 8.07. The number of hydrogen-bond donors (Lipinski definition) is 2. The second-order valence-electron chi connectivity index (χ2n) is 3.84. The standard InChI is InChI=1S/C9H18N2O2/c1-11(6-9(10)13)7-2-4-8(12)5-3-7/h7-8,12H,2-6H2,1H3,(H2,10,13). The van der Waals surface area contributed by atoms with E-state index in [1.54, 1.807) is 0 Å². The number of carbonyl (C=O) groups is 1. The molecule has 0 aliphatic heterocycles. The van der Waals surface area contributed by atoms with Gasteiger partial charge in [-0.15, -0.1) is 0 Å². The Hall–Kier alpha value is -0.610. The van der Waals surface area contributed by atoms with E-state index < -0.39 is 0 Å². The van der Waals surface area contributed by atoms with Gasteiger partial charge in [-0.25, -0.2) is 0 Å². The maximum atomic E-state index is 10.6. The number of aliphatic hydroxyl groups excluding tert-OH is 1. The van der Waals surface area contributed by atoms with E-state index in [0.717, 1.165) is 25.7 Å². The summed E-state index contributed by atoms with van der Waals surface area (Å²) in [5, 5.41) is 9.28. The molecule has 76 valence electrons. The van der Waals surface area contributed by atoms with Gasteiger partial charge in [-0.3, -0.25) is 9.69 Å². The van der Waals surface area contributed by atoms with Crippen molar-refractivity contribution in [3.63, 3.8) is 0 Å². The van der Waals surface area contributed by atoms with Crippen molar-refractivity contribution in [2.24, 2.45) is 5.73 Å². The average Bonchev–Trinajstić information content (AvgIpc) is 2.04. The molecule has 0 aromatic carbocycles. The van der Waals surface area contributed by atoms with Gasteiger partial charge in [0.1, 0.15) is 0 Å². The van der Waals surface area contributed by atoms with Gasteiger partial charge >= 0.3 is 0 Å². The smallest absolute Gasteiger partial charge is 0.231 e. The first-order valence-corrected chi connectivity index (χ1v) is 4.76. The van der Waals surface area contributed by atoms with Gasteiger partial charge in [-0.05, 0) is 32.7 Å².